The number of hydrogen-bond donors (Lipinski definition) is 1. The molecule has 0 spiro atoms. The lowest BCUT2D eigenvalue weighted by Crippen LogP contribution is -2.34. The normalized spacial score (nSPS) is 28.3. The van der Waals surface area contributed by atoms with Crippen LogP contribution in [0.2, 0.25) is 0 Å². The number of nitrogens with two attached hydrogens (primary N) is 1. The second kappa shape index (κ2) is 3.75. The van der Waals surface area contributed by atoms with Gasteiger partial charge in [-0.1, -0.05) is 12.8 Å². The minimum atomic E-state index is 0.309. The van der Waals surface area contributed by atoms with Gasteiger partial charge in [-0.05, 0) is 12.8 Å². The van der Waals surface area contributed by atoms with Gasteiger partial charge in [0.05, 0.1) is 6.04 Å². The first-order valence-corrected chi connectivity index (χ1v) is 4.23. The molecular formula is C9H16N2. The van der Waals surface area contributed by atoms with Gasteiger partial charge in [0.1, 0.15) is 0 Å². The zero-order valence-electron chi connectivity index (χ0n) is 7.09. The molecule has 2 heteroatoms. The van der Waals surface area contributed by atoms with E-state index in [9.17, 15) is 0 Å². The molecule has 11 heavy (non-hydrogen) atoms. The highest BCUT2D eigenvalue weighted by atomic mass is 15.2. The quantitative estimate of drug-likeness (QED) is 0.581. The fraction of sp³-hybridized carbons (Fsp3) is 0.778. The Kier molecular flexibility index (Phi) is 2.92. The Morgan fingerprint density at radius 3 is 2.91 bits per heavy atom. The monoisotopic (exact) mass is 152 g/mol. The van der Waals surface area contributed by atoms with Crippen molar-refractivity contribution in [3.8, 4) is 12.3 Å². The predicted octanol–water partition coefficient (Wildman–Crippen LogP) is 0.431. The second-order valence-electron chi connectivity index (χ2n) is 3.13. The molecule has 1 fully saturated rings. The third-order valence-corrected chi connectivity index (χ3v) is 2.28. The average Bonchev–Trinajstić information content (AvgIpc) is 2.39. The molecule has 2 atom stereocenters. The van der Waals surface area contributed by atoms with Gasteiger partial charge >= 0.3 is 0 Å². The van der Waals surface area contributed by atoms with Crippen LogP contribution in [0.5, 0.6) is 0 Å². The molecule has 1 saturated heterocycles. The van der Waals surface area contributed by atoms with Crippen LogP contribution in [0.1, 0.15) is 19.8 Å². The van der Waals surface area contributed by atoms with Crippen LogP contribution in [-0.2, 0) is 0 Å². The summed E-state index contributed by atoms with van der Waals surface area (Å²) in [5.41, 5.74) is 5.76. The summed E-state index contributed by atoms with van der Waals surface area (Å²) < 4.78 is 0. The van der Waals surface area contributed by atoms with Crippen LogP contribution in [0.4, 0.5) is 0 Å². The van der Waals surface area contributed by atoms with Gasteiger partial charge in [0.15, 0.2) is 0 Å². The summed E-state index contributed by atoms with van der Waals surface area (Å²) in [7, 11) is 0. The van der Waals surface area contributed by atoms with Crippen molar-refractivity contribution in [1.29, 1.82) is 0 Å². The summed E-state index contributed by atoms with van der Waals surface area (Å²) in [5, 5.41) is 0. The van der Waals surface area contributed by atoms with Crippen molar-refractivity contribution < 1.29 is 0 Å². The van der Waals surface area contributed by atoms with Gasteiger partial charge in [-0.3, -0.25) is 4.90 Å². The van der Waals surface area contributed by atoms with E-state index in [1.165, 1.54) is 0 Å². The Bertz CT molecular complexity index is 159. The SMILES string of the molecule is C#CC(CC)N1CC[C@@H](N)C1. The van der Waals surface area contributed by atoms with Crippen molar-refractivity contribution in [1.82, 2.24) is 4.90 Å². The largest absolute Gasteiger partial charge is 0.326 e. The topological polar surface area (TPSA) is 29.3 Å². The Balaban J connectivity index is 2.42. The highest BCUT2D eigenvalue weighted by molar-refractivity contribution is 5.01. The second-order valence-corrected chi connectivity index (χ2v) is 3.13. The average molecular weight is 152 g/mol. The van der Waals surface area contributed by atoms with Crippen LogP contribution >= 0.6 is 0 Å². The molecule has 62 valence electrons. The van der Waals surface area contributed by atoms with E-state index >= 15 is 0 Å². The summed E-state index contributed by atoms with van der Waals surface area (Å²) in [4.78, 5) is 2.30. The van der Waals surface area contributed by atoms with E-state index < -0.39 is 0 Å². The maximum Gasteiger partial charge on any atom is 0.0709 e. The Morgan fingerprint density at radius 2 is 2.55 bits per heavy atom. The third-order valence-electron chi connectivity index (χ3n) is 2.28. The molecule has 1 aliphatic rings. The molecule has 1 aliphatic heterocycles. The van der Waals surface area contributed by atoms with Crippen LogP contribution in [-0.4, -0.2) is 30.1 Å². The van der Waals surface area contributed by atoms with E-state index in [-0.39, 0.29) is 0 Å². The van der Waals surface area contributed by atoms with Crippen molar-refractivity contribution in [2.24, 2.45) is 5.73 Å². The first-order valence-electron chi connectivity index (χ1n) is 4.23. The lowest BCUT2D eigenvalue weighted by atomic mass is 10.2. The third kappa shape index (κ3) is 1.95. The van der Waals surface area contributed by atoms with E-state index in [2.05, 4.69) is 17.7 Å². The standard InChI is InChI=1S/C9H16N2/c1-3-9(4-2)11-6-5-8(10)7-11/h1,8-9H,4-7,10H2,2H3/t8-,9?/m1/s1. The van der Waals surface area contributed by atoms with Crippen LogP contribution in [0.3, 0.4) is 0 Å². The molecule has 1 heterocycles. The Labute approximate surface area is 68.8 Å². The smallest absolute Gasteiger partial charge is 0.0709 e. The summed E-state index contributed by atoms with van der Waals surface area (Å²) >= 11 is 0. The minimum Gasteiger partial charge on any atom is -0.326 e. The van der Waals surface area contributed by atoms with Crippen LogP contribution in [0, 0.1) is 12.3 Å². The molecule has 0 aromatic heterocycles. The van der Waals surface area contributed by atoms with Gasteiger partial charge in [0.25, 0.3) is 0 Å². The fourth-order valence-electron chi connectivity index (χ4n) is 1.58. The molecule has 0 bridgehead atoms. The molecule has 0 radical (unpaired) electrons. The maximum absolute atomic E-state index is 5.76. The fourth-order valence-corrected chi connectivity index (χ4v) is 1.58. The molecule has 2 nitrogen and oxygen atoms in total. The van der Waals surface area contributed by atoms with E-state index in [1.807, 2.05) is 0 Å². The Hall–Kier alpha value is -0.520. The molecule has 0 aromatic carbocycles. The van der Waals surface area contributed by atoms with Crippen molar-refractivity contribution in [2.45, 2.75) is 31.8 Å². The summed E-state index contributed by atoms with van der Waals surface area (Å²) in [6, 6.07) is 0.654. The van der Waals surface area contributed by atoms with Gasteiger partial charge in [0, 0.05) is 19.1 Å². The molecule has 1 rings (SSSR count). The summed E-state index contributed by atoms with van der Waals surface area (Å²) in [6.07, 6.45) is 7.50. The van der Waals surface area contributed by atoms with E-state index in [0.29, 0.717) is 12.1 Å². The summed E-state index contributed by atoms with van der Waals surface area (Å²) in [5.74, 6) is 2.78. The molecular weight excluding hydrogens is 136 g/mol. The number of rotatable bonds is 2. The lowest BCUT2D eigenvalue weighted by molar-refractivity contribution is 0.282. The minimum absolute atomic E-state index is 0.309. The zero-order chi connectivity index (χ0) is 8.27. The first-order chi connectivity index (χ1) is 5.27. The van der Waals surface area contributed by atoms with Gasteiger partial charge in [-0.2, -0.15) is 0 Å². The number of nitrogens with zero attached hydrogens (tertiary/aromatic N) is 1. The Morgan fingerprint density at radius 1 is 1.82 bits per heavy atom. The van der Waals surface area contributed by atoms with Crippen LogP contribution in [0.15, 0.2) is 0 Å². The van der Waals surface area contributed by atoms with E-state index in [0.717, 1.165) is 25.9 Å². The van der Waals surface area contributed by atoms with Gasteiger partial charge in [0.2, 0.25) is 0 Å². The van der Waals surface area contributed by atoms with E-state index in [1.54, 1.807) is 0 Å². The van der Waals surface area contributed by atoms with Crippen molar-refractivity contribution in [3.05, 3.63) is 0 Å². The van der Waals surface area contributed by atoms with Crippen LogP contribution in [0.25, 0.3) is 0 Å². The molecule has 0 aromatic rings. The molecule has 1 unspecified atom stereocenters. The maximum atomic E-state index is 5.76. The lowest BCUT2D eigenvalue weighted by Gasteiger charge is -2.21. The molecule has 0 saturated carbocycles. The van der Waals surface area contributed by atoms with Crippen molar-refractivity contribution in [3.63, 3.8) is 0 Å². The molecule has 2 N–H and O–H groups in total. The highest BCUT2D eigenvalue weighted by Gasteiger charge is 2.23. The van der Waals surface area contributed by atoms with Crippen LogP contribution < -0.4 is 5.73 Å². The van der Waals surface area contributed by atoms with Gasteiger partial charge in [-0.15, -0.1) is 6.42 Å². The summed E-state index contributed by atoms with van der Waals surface area (Å²) in [6.45, 7) is 4.17. The van der Waals surface area contributed by atoms with Gasteiger partial charge < -0.3 is 5.73 Å². The predicted molar refractivity (Wildman–Crippen MR) is 47.1 cm³/mol. The molecule has 0 aliphatic carbocycles. The van der Waals surface area contributed by atoms with Gasteiger partial charge in [-0.25, -0.2) is 0 Å². The number of likely N-dealkylation sites (tertiary alicyclic amines) is 1. The highest BCUT2D eigenvalue weighted by Crippen LogP contribution is 2.12. The van der Waals surface area contributed by atoms with Crippen molar-refractivity contribution in [2.75, 3.05) is 13.1 Å². The molecule has 0 amide bonds. The zero-order valence-corrected chi connectivity index (χ0v) is 7.09. The first kappa shape index (κ1) is 8.58. The number of hydrogen-bond acceptors (Lipinski definition) is 2. The van der Waals surface area contributed by atoms with E-state index in [4.69, 9.17) is 12.2 Å². The number of terminal acetylenes is 1. The van der Waals surface area contributed by atoms with Crippen molar-refractivity contribution >= 4 is 0 Å².